The van der Waals surface area contributed by atoms with Crippen molar-refractivity contribution < 1.29 is 55.0 Å². The molecule has 2 amide bonds. The van der Waals surface area contributed by atoms with Crippen molar-refractivity contribution in [3.05, 3.63) is 55.9 Å². The van der Waals surface area contributed by atoms with Crippen LogP contribution in [0.4, 0.5) is 11.6 Å². The van der Waals surface area contributed by atoms with Crippen molar-refractivity contribution in [2.45, 2.75) is 141 Å². The smallest absolute Gasteiger partial charge is 0.328 e. The van der Waals surface area contributed by atoms with E-state index in [4.69, 9.17) is 41.2 Å². The summed E-state index contributed by atoms with van der Waals surface area (Å²) >= 11 is 0. The number of aromatic nitrogens is 2. The lowest BCUT2D eigenvalue weighted by Gasteiger charge is -2.20. The summed E-state index contributed by atoms with van der Waals surface area (Å²) in [7, 11) is -6.21. The fourth-order valence-corrected chi connectivity index (χ4v) is 11.9. The van der Waals surface area contributed by atoms with E-state index in [0.29, 0.717) is 57.7 Å². The number of nitrogens with zero attached hydrogens (tertiary/aromatic N) is 2. The number of fused-ring (bicyclic) bond motifs is 2. The van der Waals surface area contributed by atoms with E-state index in [2.05, 4.69) is 40.7 Å². The van der Waals surface area contributed by atoms with Crippen LogP contribution in [0.5, 0.6) is 11.5 Å². The molecule has 0 bridgehead atoms. The predicted octanol–water partition coefficient (Wildman–Crippen LogP) is 2.03. The van der Waals surface area contributed by atoms with Crippen molar-refractivity contribution in [1.29, 1.82) is 10.8 Å². The molecule has 3 aromatic rings. The molecule has 24 nitrogen and oxygen atoms in total. The Balaban J connectivity index is 1.14. The standard InChI is InChI=1S/C46H66N12O12S2/c1-21-23(3)35(25(5)27-19-45(7,8)69-33(21)27)71(63,64)57-43(49)51-17-13-15-29(41(61)67-11)53-39(59)31-37(47)56-32(38(48)55-31)40(60)54-30(42(62)68-12)16-14-18-52-44(50)58-72(65,66)36-24(4)22(2)34-28(26(36)6)20-46(9,10)70-34/h29-30H,13-20H2,1-12H3,(H2,48,55)(H2,47,56)(H,53,59)(H,54,60)(H3,49,51,57)(H3,50,52,58)/t29-,30?/m0/s1. The lowest BCUT2D eigenvalue weighted by atomic mass is 9.94. The second-order valence-corrected chi connectivity index (χ2v) is 22.2. The van der Waals surface area contributed by atoms with Crippen LogP contribution in [0.3, 0.4) is 0 Å². The van der Waals surface area contributed by atoms with E-state index < -0.39 is 102 Å². The van der Waals surface area contributed by atoms with Gasteiger partial charge in [-0.05, 0) is 128 Å². The Kier molecular flexibility index (Phi) is 16.6. The highest BCUT2D eigenvalue weighted by Gasteiger charge is 2.39. The number of hydrogen-bond donors (Lipinski definition) is 10. The number of guanidine groups is 2. The normalized spacial score (nSPS) is 15.1. The summed E-state index contributed by atoms with van der Waals surface area (Å²) in [5, 5.41) is 26.9. The zero-order valence-corrected chi connectivity index (χ0v) is 44.2. The van der Waals surface area contributed by atoms with Gasteiger partial charge in [0, 0.05) is 37.1 Å². The summed E-state index contributed by atoms with van der Waals surface area (Å²) in [5.74, 6) is -4.55. The van der Waals surface area contributed by atoms with Gasteiger partial charge in [-0.3, -0.25) is 20.4 Å². The van der Waals surface area contributed by atoms with E-state index in [1.165, 1.54) is 0 Å². The third-order valence-electron chi connectivity index (χ3n) is 12.5. The molecule has 2 atom stereocenters. The highest BCUT2D eigenvalue weighted by Crippen LogP contribution is 2.45. The molecule has 0 aliphatic carbocycles. The first kappa shape index (κ1) is 56.0. The molecule has 2 aliphatic rings. The minimum atomic E-state index is -4.21. The van der Waals surface area contributed by atoms with Crippen LogP contribution in [0, 0.1) is 52.4 Å². The molecule has 2 aliphatic heterocycles. The largest absolute Gasteiger partial charge is 0.487 e. The van der Waals surface area contributed by atoms with E-state index in [-0.39, 0.29) is 48.6 Å². The van der Waals surface area contributed by atoms with Gasteiger partial charge < -0.3 is 51.7 Å². The lowest BCUT2D eigenvalue weighted by Crippen LogP contribution is -2.44. The molecule has 394 valence electrons. The number of nitrogen functional groups attached to an aromatic ring is 2. The highest BCUT2D eigenvalue weighted by molar-refractivity contribution is 7.90. The third-order valence-corrected chi connectivity index (χ3v) is 15.7. The topological polar surface area (TPSA) is 371 Å². The number of hydrogen-bond acceptors (Lipinski definition) is 18. The van der Waals surface area contributed by atoms with Gasteiger partial charge in [0.05, 0.1) is 24.0 Å². The number of amides is 2. The van der Waals surface area contributed by atoms with Crippen LogP contribution in [0.2, 0.25) is 0 Å². The molecule has 0 fully saturated rings. The Labute approximate surface area is 419 Å². The number of nitrogens with one attached hydrogen (secondary N) is 8. The van der Waals surface area contributed by atoms with Gasteiger partial charge in [0.2, 0.25) is 11.9 Å². The van der Waals surface area contributed by atoms with Gasteiger partial charge in [0.15, 0.2) is 23.0 Å². The summed E-state index contributed by atoms with van der Waals surface area (Å²) < 4.78 is 80.7. The number of carbonyl (C=O) groups excluding carboxylic acids is 4. The Morgan fingerprint density at radius 1 is 0.611 bits per heavy atom. The van der Waals surface area contributed by atoms with E-state index in [1.807, 2.05) is 27.7 Å². The van der Waals surface area contributed by atoms with Gasteiger partial charge in [0.25, 0.3) is 31.9 Å². The number of methoxy groups -OCH3 is 2. The van der Waals surface area contributed by atoms with Crippen molar-refractivity contribution in [2.24, 2.45) is 0 Å². The Morgan fingerprint density at radius 3 is 1.26 bits per heavy atom. The van der Waals surface area contributed by atoms with E-state index >= 15 is 0 Å². The maximum absolute atomic E-state index is 13.6. The quantitative estimate of drug-likeness (QED) is 0.0377. The summed E-state index contributed by atoms with van der Waals surface area (Å²) in [6, 6.07) is -2.56. The second kappa shape index (κ2) is 21.4. The second-order valence-electron chi connectivity index (χ2n) is 19.0. The van der Waals surface area contributed by atoms with Gasteiger partial charge in [0.1, 0.15) is 34.8 Å². The minimum absolute atomic E-state index is 0.00808. The number of carbonyl (C=O) groups is 4. The highest BCUT2D eigenvalue weighted by atomic mass is 32.2. The Morgan fingerprint density at radius 2 is 0.944 bits per heavy atom. The SMILES string of the molecule is COC(=O)C(CCCNC(=N)NS(=O)(=O)c1c(C)c(C)c2c(c1C)CC(C)(C)O2)NC(=O)c1nc(N)c(C(=O)N[C@@H](CCCNC(=N)NS(=O)(=O)c2c(C)c(C)c3c(c2C)CC(C)(C)O3)C(=O)OC)nc1N. The van der Waals surface area contributed by atoms with Crippen LogP contribution >= 0.6 is 0 Å². The third kappa shape index (κ3) is 12.2. The van der Waals surface area contributed by atoms with Crippen LogP contribution in [-0.2, 0) is 52.0 Å². The average Bonchev–Trinajstić information content (AvgIpc) is 3.81. The van der Waals surface area contributed by atoms with Crippen LogP contribution in [0.1, 0.15) is 119 Å². The van der Waals surface area contributed by atoms with E-state index in [0.717, 1.165) is 25.3 Å². The number of ether oxygens (including phenoxy) is 4. The number of esters is 2. The average molecular weight is 1040 g/mol. The number of nitrogens with two attached hydrogens (primary N) is 2. The van der Waals surface area contributed by atoms with Crippen molar-refractivity contribution in [3.8, 4) is 11.5 Å². The summed E-state index contributed by atoms with van der Waals surface area (Å²) in [6.45, 7) is 18.0. The van der Waals surface area contributed by atoms with Crippen LogP contribution in [0.15, 0.2) is 9.79 Å². The van der Waals surface area contributed by atoms with Crippen molar-refractivity contribution >= 4 is 67.4 Å². The van der Waals surface area contributed by atoms with Crippen LogP contribution in [-0.4, -0.2) is 113 Å². The molecule has 1 unspecified atom stereocenters. The maximum Gasteiger partial charge on any atom is 0.328 e. The monoisotopic (exact) mass is 1040 g/mol. The molecule has 0 radical (unpaired) electrons. The molecule has 26 heteroatoms. The first-order valence-corrected chi connectivity index (χ1v) is 25.9. The molecule has 1 aromatic heterocycles. The van der Waals surface area contributed by atoms with Gasteiger partial charge in [-0.25, -0.2) is 45.8 Å². The fraction of sp³-hybridized carbons (Fsp3) is 0.522. The van der Waals surface area contributed by atoms with Gasteiger partial charge in [-0.15, -0.1) is 0 Å². The molecule has 12 N–H and O–H groups in total. The summed E-state index contributed by atoms with van der Waals surface area (Å²) in [4.78, 5) is 60.2. The van der Waals surface area contributed by atoms with Crippen molar-refractivity contribution in [2.75, 3.05) is 38.8 Å². The molecule has 5 rings (SSSR count). The van der Waals surface area contributed by atoms with Crippen molar-refractivity contribution in [3.63, 3.8) is 0 Å². The molecule has 2 aromatic carbocycles. The number of benzene rings is 2. The Bertz CT molecular complexity index is 2760. The van der Waals surface area contributed by atoms with Crippen LogP contribution < -0.4 is 51.7 Å². The molecule has 0 saturated carbocycles. The molecular formula is C46H66N12O12S2. The summed E-state index contributed by atoms with van der Waals surface area (Å²) in [6.07, 6.45) is 1.16. The number of sulfonamides is 2. The van der Waals surface area contributed by atoms with E-state index in [9.17, 15) is 36.0 Å². The summed E-state index contributed by atoms with van der Waals surface area (Å²) in [5.41, 5.74) is 15.0. The predicted molar refractivity (Wildman–Crippen MR) is 266 cm³/mol. The number of rotatable bonds is 18. The molecule has 3 heterocycles. The lowest BCUT2D eigenvalue weighted by molar-refractivity contribution is -0.143. The van der Waals surface area contributed by atoms with Gasteiger partial charge in [-0.2, -0.15) is 0 Å². The molecular weight excluding hydrogens is 977 g/mol. The zero-order chi connectivity index (χ0) is 54.0. The first-order chi connectivity index (χ1) is 33.4. The molecule has 0 saturated heterocycles. The van der Waals surface area contributed by atoms with Crippen LogP contribution in [0.25, 0.3) is 0 Å². The molecule has 0 spiro atoms. The molecule has 72 heavy (non-hydrogen) atoms. The Hall–Kier alpha value is -6.96. The van der Waals surface area contributed by atoms with Gasteiger partial charge >= 0.3 is 11.9 Å². The van der Waals surface area contributed by atoms with Crippen molar-refractivity contribution in [1.82, 2.24) is 40.7 Å². The maximum atomic E-state index is 13.6. The zero-order valence-electron chi connectivity index (χ0n) is 42.6. The number of anilines is 2. The van der Waals surface area contributed by atoms with Gasteiger partial charge in [-0.1, -0.05) is 0 Å². The minimum Gasteiger partial charge on any atom is -0.487 e. The fourth-order valence-electron chi connectivity index (χ4n) is 8.81. The van der Waals surface area contributed by atoms with E-state index in [1.54, 1.807) is 41.5 Å². The first-order valence-electron chi connectivity index (χ1n) is 22.9.